The van der Waals surface area contributed by atoms with Crippen LogP contribution in [0.15, 0.2) is 42.5 Å². The molecule has 3 rings (SSSR count). The van der Waals surface area contributed by atoms with E-state index in [0.29, 0.717) is 13.0 Å². The Kier molecular flexibility index (Phi) is 9.51. The molecule has 0 N–H and O–H groups in total. The van der Waals surface area contributed by atoms with E-state index in [2.05, 4.69) is 0 Å². The van der Waals surface area contributed by atoms with E-state index in [1.54, 1.807) is 48.5 Å². The summed E-state index contributed by atoms with van der Waals surface area (Å²) in [7, 11) is 1.29. The Bertz CT molecular complexity index is 1050. The number of ether oxygens (including phenoxy) is 6. The monoisotopic (exact) mass is 545 g/mol. The van der Waals surface area contributed by atoms with Crippen LogP contribution in [-0.2, 0) is 28.5 Å². The van der Waals surface area contributed by atoms with E-state index < -0.39 is 53.5 Å². The predicted octanol–water partition coefficient (Wildman–Crippen LogP) is 5.48. The van der Waals surface area contributed by atoms with E-state index in [9.17, 15) is 9.59 Å². The number of nitrogens with zero attached hydrogens (tertiary/aromatic N) is 1. The SMILES string of the molecule is CCOc1ccc(/C=C\C=C\C[C@@H]2OC(C)(C)O[C@H]2[C@@H]2[C@@H](C(=O)OC)OC(C)(C)N2C(=O)OC(C)(C)C)cc1. The zero-order valence-electron chi connectivity index (χ0n) is 24.6. The van der Waals surface area contributed by atoms with E-state index >= 15 is 0 Å². The highest BCUT2D eigenvalue weighted by Gasteiger charge is 2.61. The Hall–Kier alpha value is -2.88. The summed E-state index contributed by atoms with van der Waals surface area (Å²) in [5.74, 6) is -0.698. The summed E-state index contributed by atoms with van der Waals surface area (Å²) in [6.07, 6.45) is 5.49. The molecule has 0 unspecified atom stereocenters. The van der Waals surface area contributed by atoms with Crippen LogP contribution in [0, 0.1) is 0 Å². The fraction of sp³-hybridized carbons (Fsp3) is 0.600. The molecule has 0 saturated carbocycles. The molecule has 39 heavy (non-hydrogen) atoms. The minimum absolute atomic E-state index is 0.463. The van der Waals surface area contributed by atoms with Gasteiger partial charge in [0.05, 0.1) is 19.8 Å². The van der Waals surface area contributed by atoms with Crippen molar-refractivity contribution >= 4 is 18.1 Å². The van der Waals surface area contributed by atoms with Crippen LogP contribution in [0.2, 0.25) is 0 Å². The lowest BCUT2D eigenvalue weighted by molar-refractivity contribution is -0.162. The maximum Gasteiger partial charge on any atom is 0.413 e. The second-order valence-corrected chi connectivity index (χ2v) is 11.5. The summed E-state index contributed by atoms with van der Waals surface area (Å²) < 4.78 is 34.9. The van der Waals surface area contributed by atoms with Gasteiger partial charge >= 0.3 is 12.1 Å². The zero-order valence-corrected chi connectivity index (χ0v) is 24.6. The molecule has 2 aliphatic heterocycles. The molecular weight excluding hydrogens is 502 g/mol. The molecule has 2 aliphatic rings. The van der Waals surface area contributed by atoms with Crippen molar-refractivity contribution in [3.8, 4) is 5.75 Å². The normalized spacial score (nSPS) is 26.3. The van der Waals surface area contributed by atoms with Gasteiger partial charge in [-0.2, -0.15) is 0 Å². The van der Waals surface area contributed by atoms with Gasteiger partial charge in [-0.05, 0) is 79.5 Å². The molecule has 9 nitrogen and oxygen atoms in total. The van der Waals surface area contributed by atoms with Gasteiger partial charge < -0.3 is 28.4 Å². The van der Waals surface area contributed by atoms with Crippen LogP contribution in [0.25, 0.3) is 6.08 Å². The van der Waals surface area contributed by atoms with Gasteiger partial charge in [0, 0.05) is 0 Å². The Morgan fingerprint density at radius 1 is 1.03 bits per heavy atom. The lowest BCUT2D eigenvalue weighted by Gasteiger charge is -2.37. The number of allylic oxidation sites excluding steroid dienone is 2. The number of hydrogen-bond acceptors (Lipinski definition) is 8. The third kappa shape index (κ3) is 7.84. The van der Waals surface area contributed by atoms with Crippen molar-refractivity contribution in [2.24, 2.45) is 0 Å². The average Bonchev–Trinajstić information content (AvgIpc) is 3.29. The molecule has 2 saturated heterocycles. The van der Waals surface area contributed by atoms with Gasteiger partial charge in [-0.15, -0.1) is 0 Å². The summed E-state index contributed by atoms with van der Waals surface area (Å²) in [5.41, 5.74) is -0.852. The van der Waals surface area contributed by atoms with Crippen molar-refractivity contribution in [3.05, 3.63) is 48.1 Å². The molecule has 9 heteroatoms. The van der Waals surface area contributed by atoms with Crippen molar-refractivity contribution in [1.29, 1.82) is 0 Å². The molecule has 0 spiro atoms. The second-order valence-electron chi connectivity index (χ2n) is 11.5. The number of carbonyl (C=O) groups is 2. The number of benzene rings is 1. The average molecular weight is 546 g/mol. The fourth-order valence-corrected chi connectivity index (χ4v) is 4.84. The van der Waals surface area contributed by atoms with Gasteiger partial charge in [0.2, 0.25) is 0 Å². The molecule has 1 aromatic rings. The standard InChI is InChI=1S/C30H43NO8/c1-10-35-21-18-16-20(17-19-21)14-12-11-13-15-22-24(38-30(7,8)36-22)23-25(26(32)34-9)37-29(5,6)31(23)27(33)39-28(2,3)4/h11-14,16-19,22-25H,10,15H2,1-9H3/b13-11+,14-12-/t22-,23+,24+,25-/m0/s1. The predicted molar refractivity (Wildman–Crippen MR) is 147 cm³/mol. The van der Waals surface area contributed by atoms with Gasteiger partial charge in [-0.1, -0.05) is 36.4 Å². The van der Waals surface area contributed by atoms with Crippen LogP contribution in [0.3, 0.4) is 0 Å². The fourth-order valence-electron chi connectivity index (χ4n) is 4.84. The maximum absolute atomic E-state index is 13.4. The van der Waals surface area contributed by atoms with E-state index in [4.69, 9.17) is 28.4 Å². The summed E-state index contributed by atoms with van der Waals surface area (Å²) in [6, 6.07) is 7.01. The molecule has 0 radical (unpaired) electrons. The van der Waals surface area contributed by atoms with Crippen LogP contribution >= 0.6 is 0 Å². The van der Waals surface area contributed by atoms with Crippen LogP contribution in [0.5, 0.6) is 5.75 Å². The third-order valence-corrected chi connectivity index (χ3v) is 6.28. The minimum atomic E-state index is -1.15. The van der Waals surface area contributed by atoms with E-state index in [0.717, 1.165) is 11.3 Å². The molecule has 1 aromatic carbocycles. The first-order valence-electron chi connectivity index (χ1n) is 13.4. The van der Waals surface area contributed by atoms with E-state index in [1.165, 1.54) is 12.0 Å². The van der Waals surface area contributed by atoms with Gasteiger partial charge in [0.1, 0.15) is 29.2 Å². The van der Waals surface area contributed by atoms with Gasteiger partial charge in [0.25, 0.3) is 0 Å². The second kappa shape index (κ2) is 12.1. The first-order valence-corrected chi connectivity index (χ1v) is 13.4. The highest BCUT2D eigenvalue weighted by Crippen LogP contribution is 2.42. The van der Waals surface area contributed by atoms with Crippen molar-refractivity contribution < 1.29 is 38.0 Å². The first-order chi connectivity index (χ1) is 18.2. The first kappa shape index (κ1) is 30.7. The molecule has 0 aliphatic carbocycles. The van der Waals surface area contributed by atoms with Crippen molar-refractivity contribution in [3.63, 3.8) is 0 Å². The van der Waals surface area contributed by atoms with Crippen molar-refractivity contribution in [2.75, 3.05) is 13.7 Å². The highest BCUT2D eigenvalue weighted by molar-refractivity contribution is 5.79. The summed E-state index contributed by atoms with van der Waals surface area (Å²) >= 11 is 0. The largest absolute Gasteiger partial charge is 0.494 e. The summed E-state index contributed by atoms with van der Waals surface area (Å²) in [5, 5.41) is 0. The van der Waals surface area contributed by atoms with Crippen LogP contribution in [0.1, 0.15) is 67.4 Å². The number of esters is 1. The highest BCUT2D eigenvalue weighted by atomic mass is 16.8. The molecule has 2 heterocycles. The summed E-state index contributed by atoms with van der Waals surface area (Å²) in [4.78, 5) is 27.7. The molecule has 0 aromatic heterocycles. The quantitative estimate of drug-likeness (QED) is 0.313. The number of hydrogen-bond donors (Lipinski definition) is 0. The Morgan fingerprint density at radius 3 is 2.28 bits per heavy atom. The van der Waals surface area contributed by atoms with Crippen LogP contribution in [-0.4, -0.2) is 72.1 Å². The van der Waals surface area contributed by atoms with E-state index in [-0.39, 0.29) is 0 Å². The van der Waals surface area contributed by atoms with Gasteiger partial charge in [0.15, 0.2) is 11.9 Å². The zero-order chi connectivity index (χ0) is 29.0. The van der Waals surface area contributed by atoms with Gasteiger partial charge in [-0.3, -0.25) is 4.90 Å². The maximum atomic E-state index is 13.4. The molecule has 1 amide bonds. The number of carbonyl (C=O) groups excluding carboxylic acids is 2. The lowest BCUT2D eigenvalue weighted by atomic mass is 9.96. The molecule has 4 atom stereocenters. The number of amides is 1. The molecule has 2 fully saturated rings. The van der Waals surface area contributed by atoms with Crippen molar-refractivity contribution in [2.45, 2.75) is 103 Å². The summed E-state index contributed by atoms with van der Waals surface area (Å²) in [6.45, 7) is 15.0. The van der Waals surface area contributed by atoms with E-state index in [1.807, 2.05) is 55.5 Å². The molecule has 0 bridgehead atoms. The Morgan fingerprint density at radius 2 is 1.69 bits per heavy atom. The lowest BCUT2D eigenvalue weighted by Crippen LogP contribution is -2.57. The number of rotatable bonds is 8. The van der Waals surface area contributed by atoms with Crippen molar-refractivity contribution in [1.82, 2.24) is 4.90 Å². The molecule has 216 valence electrons. The smallest absolute Gasteiger partial charge is 0.413 e. The Balaban J connectivity index is 1.82. The number of methoxy groups -OCH3 is 1. The topological polar surface area (TPSA) is 92.8 Å². The van der Waals surface area contributed by atoms with Crippen LogP contribution in [0.4, 0.5) is 4.79 Å². The molecular formula is C30H43NO8. The Labute approximate surface area is 232 Å². The van der Waals surface area contributed by atoms with Gasteiger partial charge in [-0.25, -0.2) is 9.59 Å². The van der Waals surface area contributed by atoms with Crippen LogP contribution < -0.4 is 4.74 Å². The minimum Gasteiger partial charge on any atom is -0.494 e. The third-order valence-electron chi connectivity index (χ3n) is 6.28.